The number of nitrogens with one attached hydrogen (secondary N) is 1. The number of rotatable bonds is 10. The monoisotopic (exact) mass is 426 g/mol. The molecule has 4 heteroatoms. The Bertz CT molecular complexity index is 1070. The van der Waals surface area contributed by atoms with Crippen LogP contribution in [0.1, 0.15) is 35.6 Å². The van der Waals surface area contributed by atoms with Gasteiger partial charge in [-0.3, -0.25) is 4.99 Å². The van der Waals surface area contributed by atoms with Gasteiger partial charge in [-0.05, 0) is 60.7 Å². The van der Waals surface area contributed by atoms with E-state index in [2.05, 4.69) is 92.2 Å². The van der Waals surface area contributed by atoms with Gasteiger partial charge in [0.05, 0.1) is 12.4 Å². The average molecular weight is 427 g/mol. The highest BCUT2D eigenvalue weighted by atomic mass is 15.2. The summed E-state index contributed by atoms with van der Waals surface area (Å²) in [6.45, 7) is 12.7. The van der Waals surface area contributed by atoms with E-state index >= 15 is 0 Å². The van der Waals surface area contributed by atoms with Crippen molar-refractivity contribution in [2.75, 3.05) is 24.7 Å². The van der Waals surface area contributed by atoms with E-state index in [1.165, 1.54) is 11.1 Å². The SMILES string of the molecule is C=C(NCCN(CN)c1ccccc1)c1ccc(C)c(N=C(CC)c2ccccc2C)c1. The number of aliphatic imine (C=N–C) groups is 1. The maximum absolute atomic E-state index is 5.95. The van der Waals surface area contributed by atoms with Gasteiger partial charge < -0.3 is 16.0 Å². The number of hydrogen-bond acceptors (Lipinski definition) is 4. The zero-order chi connectivity index (χ0) is 22.9. The van der Waals surface area contributed by atoms with Gasteiger partial charge in [0.15, 0.2) is 0 Å². The first-order valence-electron chi connectivity index (χ1n) is 11.2. The number of para-hydroxylation sites is 1. The summed E-state index contributed by atoms with van der Waals surface area (Å²) in [7, 11) is 0. The average Bonchev–Trinajstić information content (AvgIpc) is 2.82. The van der Waals surface area contributed by atoms with Crippen molar-refractivity contribution in [2.45, 2.75) is 27.2 Å². The molecule has 0 aromatic heterocycles. The van der Waals surface area contributed by atoms with E-state index in [1.54, 1.807) is 0 Å². The molecule has 3 aromatic rings. The van der Waals surface area contributed by atoms with Gasteiger partial charge in [0.1, 0.15) is 0 Å². The summed E-state index contributed by atoms with van der Waals surface area (Å²) in [6.07, 6.45) is 0.877. The number of hydrogen-bond donors (Lipinski definition) is 2. The molecule has 166 valence electrons. The molecule has 0 heterocycles. The molecule has 0 spiro atoms. The molecule has 3 N–H and O–H groups in total. The van der Waals surface area contributed by atoms with Crippen LogP contribution in [-0.4, -0.2) is 25.5 Å². The van der Waals surface area contributed by atoms with Crippen LogP contribution in [0.2, 0.25) is 0 Å². The summed E-state index contributed by atoms with van der Waals surface area (Å²) in [5, 5.41) is 3.45. The van der Waals surface area contributed by atoms with Crippen LogP contribution in [0.5, 0.6) is 0 Å². The van der Waals surface area contributed by atoms with Crippen molar-refractivity contribution in [1.82, 2.24) is 5.32 Å². The maximum Gasteiger partial charge on any atom is 0.0669 e. The molecular weight excluding hydrogens is 392 g/mol. The third-order valence-corrected chi connectivity index (χ3v) is 5.67. The smallest absolute Gasteiger partial charge is 0.0669 e. The van der Waals surface area contributed by atoms with Crippen LogP contribution >= 0.6 is 0 Å². The lowest BCUT2D eigenvalue weighted by molar-refractivity contribution is 0.757. The van der Waals surface area contributed by atoms with Crippen LogP contribution in [0.25, 0.3) is 5.70 Å². The van der Waals surface area contributed by atoms with Crippen LogP contribution in [0.3, 0.4) is 0 Å². The summed E-state index contributed by atoms with van der Waals surface area (Å²) in [6, 6.07) is 25.0. The normalized spacial score (nSPS) is 11.3. The predicted molar refractivity (Wildman–Crippen MR) is 139 cm³/mol. The molecule has 3 rings (SSSR count). The zero-order valence-corrected chi connectivity index (χ0v) is 19.4. The fraction of sp³-hybridized carbons (Fsp3) is 0.250. The Labute approximate surface area is 192 Å². The van der Waals surface area contributed by atoms with E-state index in [-0.39, 0.29) is 0 Å². The van der Waals surface area contributed by atoms with Crippen LogP contribution < -0.4 is 16.0 Å². The molecular formula is C28H34N4. The molecule has 0 radical (unpaired) electrons. The fourth-order valence-electron chi connectivity index (χ4n) is 3.70. The van der Waals surface area contributed by atoms with Crippen molar-refractivity contribution in [3.63, 3.8) is 0 Å². The minimum atomic E-state index is 0.472. The highest BCUT2D eigenvalue weighted by Crippen LogP contribution is 2.25. The maximum atomic E-state index is 5.95. The number of anilines is 1. The largest absolute Gasteiger partial charge is 0.383 e. The standard InChI is InChI=1S/C28H34N4/c1-5-27(26-14-10-9-11-21(26)2)31-28-19-24(16-15-22(28)3)23(4)30-17-18-32(20-29)25-12-7-6-8-13-25/h6-16,19,30H,4-5,17-18,20,29H2,1-3H3. The molecule has 0 bridgehead atoms. The lowest BCUT2D eigenvalue weighted by Gasteiger charge is -2.23. The Balaban J connectivity index is 1.72. The van der Waals surface area contributed by atoms with E-state index in [4.69, 9.17) is 10.7 Å². The minimum Gasteiger partial charge on any atom is -0.383 e. The Kier molecular flexibility index (Phi) is 8.23. The van der Waals surface area contributed by atoms with Crippen molar-refractivity contribution >= 4 is 22.8 Å². The van der Waals surface area contributed by atoms with E-state index in [9.17, 15) is 0 Å². The molecule has 0 atom stereocenters. The quantitative estimate of drug-likeness (QED) is 0.317. The topological polar surface area (TPSA) is 53.6 Å². The first kappa shape index (κ1) is 23.3. The van der Waals surface area contributed by atoms with Gasteiger partial charge in [0.25, 0.3) is 0 Å². The predicted octanol–water partition coefficient (Wildman–Crippen LogP) is 5.82. The van der Waals surface area contributed by atoms with Crippen molar-refractivity contribution in [1.29, 1.82) is 0 Å². The Morgan fingerprint density at radius 2 is 1.69 bits per heavy atom. The van der Waals surface area contributed by atoms with Crippen LogP contribution in [-0.2, 0) is 0 Å². The lowest BCUT2D eigenvalue weighted by atomic mass is 10.0. The van der Waals surface area contributed by atoms with Crippen LogP contribution in [0.4, 0.5) is 11.4 Å². The molecule has 3 aromatic carbocycles. The molecule has 0 aliphatic heterocycles. The van der Waals surface area contributed by atoms with Gasteiger partial charge in [-0.25, -0.2) is 0 Å². The van der Waals surface area contributed by atoms with Crippen molar-refractivity contribution in [2.24, 2.45) is 10.7 Å². The van der Waals surface area contributed by atoms with Crippen molar-refractivity contribution < 1.29 is 0 Å². The van der Waals surface area contributed by atoms with Crippen molar-refractivity contribution in [3.05, 3.63) is 102 Å². The number of nitrogens with zero attached hydrogens (tertiary/aromatic N) is 2. The second-order valence-electron chi connectivity index (χ2n) is 7.92. The van der Waals surface area contributed by atoms with Gasteiger partial charge in [-0.2, -0.15) is 0 Å². The Morgan fingerprint density at radius 3 is 2.38 bits per heavy atom. The summed E-state index contributed by atoms with van der Waals surface area (Å²) in [5.74, 6) is 0. The van der Waals surface area contributed by atoms with E-state index in [0.29, 0.717) is 6.67 Å². The molecule has 0 saturated heterocycles. The summed E-state index contributed by atoms with van der Waals surface area (Å²) >= 11 is 0. The van der Waals surface area contributed by atoms with Crippen LogP contribution in [0.15, 0.2) is 84.4 Å². The highest BCUT2D eigenvalue weighted by Gasteiger charge is 2.09. The summed E-state index contributed by atoms with van der Waals surface area (Å²) < 4.78 is 0. The Hall–Kier alpha value is -3.37. The Morgan fingerprint density at radius 1 is 0.969 bits per heavy atom. The molecule has 4 nitrogen and oxygen atoms in total. The first-order valence-corrected chi connectivity index (χ1v) is 11.2. The van der Waals surface area contributed by atoms with E-state index in [1.807, 2.05) is 18.2 Å². The van der Waals surface area contributed by atoms with Crippen LogP contribution in [0, 0.1) is 13.8 Å². The molecule has 0 aliphatic carbocycles. The number of benzene rings is 3. The minimum absolute atomic E-state index is 0.472. The van der Waals surface area contributed by atoms with E-state index in [0.717, 1.165) is 53.4 Å². The number of aryl methyl sites for hydroxylation is 2. The molecule has 0 fully saturated rings. The van der Waals surface area contributed by atoms with Gasteiger partial charge in [-0.1, -0.05) is 68.1 Å². The zero-order valence-electron chi connectivity index (χ0n) is 19.4. The molecule has 0 unspecified atom stereocenters. The second kappa shape index (κ2) is 11.3. The summed E-state index contributed by atoms with van der Waals surface area (Å²) in [5.41, 5.74) is 14.7. The molecule has 0 aliphatic rings. The van der Waals surface area contributed by atoms with Gasteiger partial charge in [0, 0.05) is 30.2 Å². The lowest BCUT2D eigenvalue weighted by Crippen LogP contribution is -2.35. The summed E-state index contributed by atoms with van der Waals surface area (Å²) in [4.78, 5) is 7.17. The van der Waals surface area contributed by atoms with E-state index < -0.39 is 0 Å². The molecule has 0 saturated carbocycles. The van der Waals surface area contributed by atoms with Crippen molar-refractivity contribution in [3.8, 4) is 0 Å². The molecule has 32 heavy (non-hydrogen) atoms. The van der Waals surface area contributed by atoms with Gasteiger partial charge >= 0.3 is 0 Å². The third-order valence-electron chi connectivity index (χ3n) is 5.67. The molecule has 0 amide bonds. The third kappa shape index (κ3) is 5.86. The van der Waals surface area contributed by atoms with Gasteiger partial charge in [-0.15, -0.1) is 0 Å². The number of nitrogens with two attached hydrogens (primary N) is 1. The highest BCUT2D eigenvalue weighted by molar-refractivity contribution is 6.03. The second-order valence-corrected chi connectivity index (χ2v) is 7.92. The fourth-order valence-corrected chi connectivity index (χ4v) is 3.70. The first-order chi connectivity index (χ1) is 15.5. The van der Waals surface area contributed by atoms with Gasteiger partial charge in [0.2, 0.25) is 0 Å².